The summed E-state index contributed by atoms with van der Waals surface area (Å²) in [5.41, 5.74) is -0.313. The maximum absolute atomic E-state index is 12.7. The zero-order chi connectivity index (χ0) is 21.0. The second-order valence-electron chi connectivity index (χ2n) is 6.62. The summed E-state index contributed by atoms with van der Waals surface area (Å²) in [5, 5.41) is 2.60. The summed E-state index contributed by atoms with van der Waals surface area (Å²) >= 11 is 0. The number of methoxy groups -OCH3 is 1. The van der Waals surface area contributed by atoms with Gasteiger partial charge < -0.3 is 14.8 Å². The third-order valence-corrected chi connectivity index (χ3v) is 4.69. The van der Waals surface area contributed by atoms with Gasteiger partial charge in [-0.3, -0.25) is 19.3 Å². The lowest BCUT2D eigenvalue weighted by Gasteiger charge is -2.21. The van der Waals surface area contributed by atoms with Gasteiger partial charge >= 0.3 is 12.0 Å². The van der Waals surface area contributed by atoms with Crippen molar-refractivity contribution in [1.29, 1.82) is 0 Å². The first-order valence-electron chi connectivity index (χ1n) is 8.87. The number of nitrogens with one attached hydrogen (secondary N) is 1. The Hall–Kier alpha value is -3.68. The van der Waals surface area contributed by atoms with E-state index in [4.69, 9.17) is 9.47 Å². The fourth-order valence-corrected chi connectivity index (χ4v) is 2.99. The van der Waals surface area contributed by atoms with Crippen LogP contribution in [0.1, 0.15) is 22.8 Å². The van der Waals surface area contributed by atoms with Gasteiger partial charge in [0.15, 0.2) is 12.4 Å². The number of hydrogen-bond acceptors (Lipinski definition) is 6. The summed E-state index contributed by atoms with van der Waals surface area (Å²) in [7, 11) is 1.51. The van der Waals surface area contributed by atoms with E-state index in [1.807, 2.05) is 0 Å². The standard InChI is InChI=1S/C21H20N2O6/c1-21(15-6-4-3-5-7-15)19(26)23(20(27)22-21)12-18(25)29-13-17(24)14-8-10-16(28-2)11-9-14/h3-11H,12-13H2,1-2H3,(H,22,27)/t21-/m0/s1. The van der Waals surface area contributed by atoms with Gasteiger partial charge in [-0.15, -0.1) is 0 Å². The average molecular weight is 396 g/mol. The topological polar surface area (TPSA) is 102 Å². The second-order valence-corrected chi connectivity index (χ2v) is 6.62. The SMILES string of the molecule is COc1ccc(C(=O)COC(=O)CN2C(=O)N[C@@](C)(c3ccccc3)C2=O)cc1. The number of ketones is 1. The Balaban J connectivity index is 1.59. The normalized spacial score (nSPS) is 18.3. The smallest absolute Gasteiger partial charge is 0.326 e. The Morgan fingerprint density at radius 3 is 2.31 bits per heavy atom. The summed E-state index contributed by atoms with van der Waals surface area (Å²) in [6, 6.07) is 14.4. The number of nitrogens with zero attached hydrogens (tertiary/aromatic N) is 1. The van der Waals surface area contributed by atoms with Crippen LogP contribution < -0.4 is 10.1 Å². The molecule has 0 saturated carbocycles. The molecule has 0 spiro atoms. The van der Waals surface area contributed by atoms with Crippen LogP contribution in [0.3, 0.4) is 0 Å². The molecule has 1 aliphatic heterocycles. The lowest BCUT2D eigenvalue weighted by atomic mass is 9.92. The molecule has 3 rings (SSSR count). The van der Waals surface area contributed by atoms with Crippen LogP contribution in [-0.2, 0) is 19.9 Å². The summed E-state index contributed by atoms with van der Waals surface area (Å²) in [4.78, 5) is 50.0. The van der Waals surface area contributed by atoms with E-state index in [1.54, 1.807) is 61.5 Å². The minimum absolute atomic E-state index is 0.352. The highest BCUT2D eigenvalue weighted by Gasteiger charge is 2.49. The van der Waals surface area contributed by atoms with Crippen LogP contribution in [0.4, 0.5) is 4.79 Å². The Kier molecular flexibility index (Phi) is 5.63. The van der Waals surface area contributed by atoms with Crippen LogP contribution in [-0.4, -0.2) is 48.9 Å². The number of ether oxygens (including phenoxy) is 2. The first-order valence-corrected chi connectivity index (χ1v) is 8.87. The number of imide groups is 1. The monoisotopic (exact) mass is 396 g/mol. The number of Topliss-reactive ketones (excluding diaryl/α,β-unsaturated/α-hetero) is 1. The summed E-state index contributed by atoms with van der Waals surface area (Å²) in [5.74, 6) is -1.23. The van der Waals surface area contributed by atoms with Crippen LogP contribution in [0, 0.1) is 0 Å². The number of carbonyl (C=O) groups is 4. The number of amides is 3. The first-order chi connectivity index (χ1) is 13.8. The van der Waals surface area contributed by atoms with Gasteiger partial charge in [0.1, 0.15) is 17.8 Å². The maximum atomic E-state index is 12.7. The molecule has 1 atom stereocenters. The molecule has 8 nitrogen and oxygen atoms in total. The molecule has 0 unspecified atom stereocenters. The molecular formula is C21H20N2O6. The van der Waals surface area contributed by atoms with E-state index < -0.39 is 42.4 Å². The summed E-state index contributed by atoms with van der Waals surface area (Å²) in [6.07, 6.45) is 0. The molecule has 150 valence electrons. The Morgan fingerprint density at radius 1 is 1.03 bits per heavy atom. The third kappa shape index (κ3) is 4.11. The highest BCUT2D eigenvalue weighted by atomic mass is 16.5. The van der Waals surface area contributed by atoms with E-state index in [1.165, 1.54) is 7.11 Å². The quantitative estimate of drug-likeness (QED) is 0.436. The molecule has 1 N–H and O–H groups in total. The van der Waals surface area contributed by atoms with Crippen LogP contribution in [0.15, 0.2) is 54.6 Å². The lowest BCUT2D eigenvalue weighted by Crippen LogP contribution is -2.41. The van der Waals surface area contributed by atoms with E-state index in [2.05, 4.69) is 5.32 Å². The number of urea groups is 1. The molecule has 1 aliphatic rings. The largest absolute Gasteiger partial charge is 0.497 e. The minimum atomic E-state index is -1.27. The highest BCUT2D eigenvalue weighted by Crippen LogP contribution is 2.28. The first kappa shape index (κ1) is 20.1. The highest BCUT2D eigenvalue weighted by molar-refractivity contribution is 6.09. The van der Waals surface area contributed by atoms with Crippen molar-refractivity contribution in [2.45, 2.75) is 12.5 Å². The van der Waals surface area contributed by atoms with Crippen LogP contribution in [0.25, 0.3) is 0 Å². The predicted molar refractivity (Wildman–Crippen MR) is 102 cm³/mol. The zero-order valence-electron chi connectivity index (χ0n) is 16.0. The Bertz CT molecular complexity index is 941. The molecular weight excluding hydrogens is 376 g/mol. The van der Waals surface area contributed by atoms with Gasteiger partial charge in [0, 0.05) is 5.56 Å². The molecule has 29 heavy (non-hydrogen) atoms. The van der Waals surface area contributed by atoms with Gasteiger partial charge in [0.05, 0.1) is 7.11 Å². The Labute approximate surface area is 167 Å². The third-order valence-electron chi connectivity index (χ3n) is 4.69. The van der Waals surface area contributed by atoms with E-state index in [9.17, 15) is 19.2 Å². The van der Waals surface area contributed by atoms with Crippen LogP contribution in [0.5, 0.6) is 5.75 Å². The van der Waals surface area contributed by atoms with Gasteiger partial charge in [-0.25, -0.2) is 4.79 Å². The molecule has 0 aliphatic carbocycles. The van der Waals surface area contributed by atoms with Gasteiger partial charge in [-0.2, -0.15) is 0 Å². The van der Waals surface area contributed by atoms with Gasteiger partial charge in [0.25, 0.3) is 5.91 Å². The number of hydrogen-bond donors (Lipinski definition) is 1. The molecule has 8 heteroatoms. The van der Waals surface area contributed by atoms with Crippen molar-refractivity contribution >= 4 is 23.7 Å². The van der Waals surface area contributed by atoms with Crippen molar-refractivity contribution < 1.29 is 28.7 Å². The van der Waals surface area contributed by atoms with E-state index in [0.29, 0.717) is 16.9 Å². The molecule has 1 saturated heterocycles. The van der Waals surface area contributed by atoms with Gasteiger partial charge in [0.2, 0.25) is 0 Å². The number of rotatable bonds is 7. The fraction of sp³-hybridized carbons (Fsp3) is 0.238. The van der Waals surface area contributed by atoms with Crippen molar-refractivity contribution in [2.24, 2.45) is 0 Å². The van der Waals surface area contributed by atoms with Crippen molar-refractivity contribution in [3.8, 4) is 5.75 Å². The minimum Gasteiger partial charge on any atom is -0.497 e. The average Bonchev–Trinajstić information content (AvgIpc) is 2.96. The number of carbonyl (C=O) groups excluding carboxylic acids is 4. The van der Waals surface area contributed by atoms with Crippen LogP contribution >= 0.6 is 0 Å². The van der Waals surface area contributed by atoms with E-state index in [0.717, 1.165) is 4.90 Å². The molecule has 0 aromatic heterocycles. The molecule has 2 aromatic carbocycles. The molecule has 1 heterocycles. The molecule has 3 amide bonds. The van der Waals surface area contributed by atoms with Crippen molar-refractivity contribution in [1.82, 2.24) is 10.2 Å². The van der Waals surface area contributed by atoms with E-state index in [-0.39, 0.29) is 0 Å². The maximum Gasteiger partial charge on any atom is 0.326 e. The van der Waals surface area contributed by atoms with Crippen molar-refractivity contribution in [2.75, 3.05) is 20.3 Å². The number of esters is 1. The fourth-order valence-electron chi connectivity index (χ4n) is 2.99. The predicted octanol–water partition coefficient (Wildman–Crippen LogP) is 1.89. The number of benzene rings is 2. The molecule has 0 bridgehead atoms. The van der Waals surface area contributed by atoms with Gasteiger partial charge in [-0.1, -0.05) is 30.3 Å². The zero-order valence-corrected chi connectivity index (χ0v) is 16.0. The lowest BCUT2D eigenvalue weighted by molar-refractivity contribution is -0.146. The second kappa shape index (κ2) is 8.14. The van der Waals surface area contributed by atoms with Crippen molar-refractivity contribution in [3.63, 3.8) is 0 Å². The molecule has 0 radical (unpaired) electrons. The summed E-state index contributed by atoms with van der Waals surface area (Å²) < 4.78 is 9.97. The van der Waals surface area contributed by atoms with E-state index >= 15 is 0 Å². The van der Waals surface area contributed by atoms with Crippen molar-refractivity contribution in [3.05, 3.63) is 65.7 Å². The molecule has 2 aromatic rings. The Morgan fingerprint density at radius 2 is 1.69 bits per heavy atom. The summed E-state index contributed by atoms with van der Waals surface area (Å²) in [6.45, 7) is 0.495. The molecule has 1 fully saturated rings. The van der Waals surface area contributed by atoms with Crippen LogP contribution in [0.2, 0.25) is 0 Å². The van der Waals surface area contributed by atoms with Gasteiger partial charge in [-0.05, 0) is 36.8 Å².